The van der Waals surface area contributed by atoms with Crippen molar-refractivity contribution in [1.29, 1.82) is 0 Å². The number of hydrogen-bond donors (Lipinski definition) is 2. The molecule has 4 nitrogen and oxygen atoms in total. The monoisotopic (exact) mass is 243 g/mol. The summed E-state index contributed by atoms with van der Waals surface area (Å²) in [5.74, 6) is 0. The van der Waals surface area contributed by atoms with Crippen molar-refractivity contribution >= 4 is 0 Å². The summed E-state index contributed by atoms with van der Waals surface area (Å²) in [4.78, 5) is 0. The van der Waals surface area contributed by atoms with Gasteiger partial charge in [0.15, 0.2) is 0 Å². The summed E-state index contributed by atoms with van der Waals surface area (Å²) in [6, 6.07) is 10.6. The first kappa shape index (κ1) is 11.4. The third kappa shape index (κ3) is 2.44. The zero-order valence-electron chi connectivity index (χ0n) is 10.2. The molecular weight excluding hydrogens is 226 g/mol. The maximum absolute atomic E-state index is 9.44. The van der Waals surface area contributed by atoms with Crippen LogP contribution in [0.1, 0.15) is 24.4 Å². The fraction of sp³-hybridized carbons (Fsp3) is 0.357. The molecule has 3 rings (SSSR count). The van der Waals surface area contributed by atoms with Gasteiger partial charge in [0.2, 0.25) is 0 Å². The topological polar surface area (TPSA) is 50.1 Å². The van der Waals surface area contributed by atoms with Gasteiger partial charge < -0.3 is 10.4 Å². The molecule has 94 valence electrons. The Labute approximate surface area is 106 Å². The number of benzene rings is 1. The van der Waals surface area contributed by atoms with E-state index in [2.05, 4.69) is 10.4 Å². The van der Waals surface area contributed by atoms with Crippen LogP contribution in [0.5, 0.6) is 0 Å². The Bertz CT molecular complexity index is 505. The van der Waals surface area contributed by atoms with Crippen LogP contribution in [0.3, 0.4) is 0 Å². The molecule has 1 fully saturated rings. The van der Waals surface area contributed by atoms with E-state index in [0.29, 0.717) is 6.04 Å². The Morgan fingerprint density at radius 2 is 2.11 bits per heavy atom. The average Bonchev–Trinajstić information content (AvgIpc) is 3.11. The second-order valence-corrected chi connectivity index (χ2v) is 4.73. The van der Waals surface area contributed by atoms with Crippen molar-refractivity contribution in [2.45, 2.75) is 24.9 Å². The molecule has 0 amide bonds. The molecule has 1 aromatic heterocycles. The van der Waals surface area contributed by atoms with Crippen molar-refractivity contribution in [3.63, 3.8) is 0 Å². The highest BCUT2D eigenvalue weighted by atomic mass is 16.3. The number of aliphatic hydroxyl groups excluding tert-OH is 1. The Morgan fingerprint density at radius 3 is 2.78 bits per heavy atom. The van der Waals surface area contributed by atoms with Crippen molar-refractivity contribution in [2.24, 2.45) is 0 Å². The quantitative estimate of drug-likeness (QED) is 0.839. The van der Waals surface area contributed by atoms with Crippen molar-refractivity contribution < 1.29 is 5.11 Å². The minimum absolute atomic E-state index is 0.00466. The molecule has 1 aliphatic rings. The molecule has 1 unspecified atom stereocenters. The molecule has 1 saturated carbocycles. The van der Waals surface area contributed by atoms with Crippen LogP contribution in [0.4, 0.5) is 0 Å². The van der Waals surface area contributed by atoms with Crippen molar-refractivity contribution in [3.8, 4) is 5.69 Å². The van der Waals surface area contributed by atoms with Gasteiger partial charge >= 0.3 is 0 Å². The maximum atomic E-state index is 9.44. The summed E-state index contributed by atoms with van der Waals surface area (Å²) in [6.07, 6.45) is 6.22. The SMILES string of the molecule is OCC(NC1CC1)c1cnn(-c2ccccc2)c1. The van der Waals surface area contributed by atoms with Crippen LogP contribution in [0, 0.1) is 0 Å². The maximum Gasteiger partial charge on any atom is 0.0645 e. The van der Waals surface area contributed by atoms with Crippen LogP contribution in [-0.2, 0) is 0 Å². The minimum Gasteiger partial charge on any atom is -0.394 e. The van der Waals surface area contributed by atoms with Gasteiger partial charge in [-0.15, -0.1) is 0 Å². The summed E-state index contributed by atoms with van der Waals surface area (Å²) in [6.45, 7) is 0.108. The summed E-state index contributed by atoms with van der Waals surface area (Å²) >= 11 is 0. The Balaban J connectivity index is 1.79. The van der Waals surface area contributed by atoms with Crippen LogP contribution in [0.2, 0.25) is 0 Å². The average molecular weight is 243 g/mol. The molecule has 18 heavy (non-hydrogen) atoms. The van der Waals surface area contributed by atoms with Crippen LogP contribution in [0.25, 0.3) is 5.69 Å². The van der Waals surface area contributed by atoms with E-state index in [1.54, 1.807) is 0 Å². The third-order valence-corrected chi connectivity index (χ3v) is 3.22. The lowest BCUT2D eigenvalue weighted by Crippen LogP contribution is -2.25. The molecule has 1 heterocycles. The van der Waals surface area contributed by atoms with Gasteiger partial charge in [0.05, 0.1) is 24.5 Å². The first-order valence-corrected chi connectivity index (χ1v) is 6.34. The fourth-order valence-corrected chi connectivity index (χ4v) is 2.03. The van der Waals surface area contributed by atoms with Gasteiger partial charge in [0.25, 0.3) is 0 Å². The first-order valence-electron chi connectivity index (χ1n) is 6.34. The molecule has 2 N–H and O–H groups in total. The normalized spacial score (nSPS) is 16.7. The number of aromatic nitrogens is 2. The molecular formula is C14H17N3O. The van der Waals surface area contributed by atoms with E-state index in [-0.39, 0.29) is 12.6 Å². The molecule has 0 aliphatic heterocycles. The minimum atomic E-state index is -0.00466. The Kier molecular flexibility index (Phi) is 3.13. The molecule has 0 bridgehead atoms. The predicted octanol–water partition coefficient (Wildman–Crippen LogP) is 1.66. The fourth-order valence-electron chi connectivity index (χ4n) is 2.03. The molecule has 1 atom stereocenters. The molecule has 1 aromatic carbocycles. The standard InChI is InChI=1S/C14H17N3O/c18-10-14(16-12-6-7-12)11-8-15-17(9-11)13-4-2-1-3-5-13/h1-5,8-9,12,14,16,18H,6-7,10H2. The predicted molar refractivity (Wildman–Crippen MR) is 69.5 cm³/mol. The molecule has 1 aliphatic carbocycles. The lowest BCUT2D eigenvalue weighted by atomic mass is 10.2. The number of aliphatic hydroxyl groups is 1. The highest BCUT2D eigenvalue weighted by molar-refractivity contribution is 5.31. The van der Waals surface area contributed by atoms with E-state index in [1.165, 1.54) is 12.8 Å². The van der Waals surface area contributed by atoms with Gasteiger partial charge in [0.1, 0.15) is 0 Å². The molecule has 4 heteroatoms. The van der Waals surface area contributed by atoms with E-state index in [0.717, 1.165) is 11.3 Å². The van der Waals surface area contributed by atoms with Crippen molar-refractivity contribution in [2.75, 3.05) is 6.61 Å². The van der Waals surface area contributed by atoms with Crippen LogP contribution in [-0.4, -0.2) is 27.5 Å². The zero-order chi connectivity index (χ0) is 12.4. The molecule has 0 radical (unpaired) electrons. The molecule has 0 spiro atoms. The van der Waals surface area contributed by atoms with Crippen LogP contribution in [0.15, 0.2) is 42.7 Å². The zero-order valence-corrected chi connectivity index (χ0v) is 10.2. The van der Waals surface area contributed by atoms with Crippen LogP contribution >= 0.6 is 0 Å². The van der Waals surface area contributed by atoms with Gasteiger partial charge in [-0.3, -0.25) is 0 Å². The number of rotatable bonds is 5. The Morgan fingerprint density at radius 1 is 1.33 bits per heavy atom. The highest BCUT2D eigenvalue weighted by Crippen LogP contribution is 2.24. The summed E-state index contributed by atoms with van der Waals surface area (Å²) < 4.78 is 1.84. The smallest absolute Gasteiger partial charge is 0.0645 e. The largest absolute Gasteiger partial charge is 0.394 e. The van der Waals surface area contributed by atoms with Crippen LogP contribution < -0.4 is 5.32 Å². The summed E-state index contributed by atoms with van der Waals surface area (Å²) in [7, 11) is 0. The summed E-state index contributed by atoms with van der Waals surface area (Å²) in [5.41, 5.74) is 2.07. The van der Waals surface area contributed by atoms with Gasteiger partial charge in [-0.1, -0.05) is 18.2 Å². The highest BCUT2D eigenvalue weighted by Gasteiger charge is 2.25. The third-order valence-electron chi connectivity index (χ3n) is 3.22. The van der Waals surface area contributed by atoms with Crippen molar-refractivity contribution in [1.82, 2.24) is 15.1 Å². The number of para-hydroxylation sites is 1. The lowest BCUT2D eigenvalue weighted by Gasteiger charge is -2.13. The second-order valence-electron chi connectivity index (χ2n) is 4.73. The van der Waals surface area contributed by atoms with E-state index in [4.69, 9.17) is 0 Å². The van der Waals surface area contributed by atoms with Gasteiger partial charge in [0, 0.05) is 17.8 Å². The van der Waals surface area contributed by atoms with E-state index >= 15 is 0 Å². The number of hydrogen-bond acceptors (Lipinski definition) is 3. The Hall–Kier alpha value is -1.65. The number of nitrogens with zero attached hydrogens (tertiary/aromatic N) is 2. The van der Waals surface area contributed by atoms with Crippen molar-refractivity contribution in [3.05, 3.63) is 48.3 Å². The molecule has 0 saturated heterocycles. The molecule has 2 aromatic rings. The van der Waals surface area contributed by atoms with Gasteiger partial charge in [-0.25, -0.2) is 4.68 Å². The van der Waals surface area contributed by atoms with E-state index < -0.39 is 0 Å². The first-order chi connectivity index (χ1) is 8.86. The summed E-state index contributed by atoms with van der Waals surface area (Å²) in [5, 5.41) is 17.2. The van der Waals surface area contributed by atoms with Gasteiger partial charge in [-0.2, -0.15) is 5.10 Å². The lowest BCUT2D eigenvalue weighted by molar-refractivity contribution is 0.243. The second kappa shape index (κ2) is 4.92. The van der Waals surface area contributed by atoms with E-state index in [9.17, 15) is 5.11 Å². The number of nitrogens with one attached hydrogen (secondary N) is 1. The van der Waals surface area contributed by atoms with E-state index in [1.807, 2.05) is 47.4 Å². The van der Waals surface area contributed by atoms with Gasteiger partial charge in [-0.05, 0) is 25.0 Å².